The highest BCUT2D eigenvalue weighted by Crippen LogP contribution is 2.29. The quantitative estimate of drug-likeness (QED) is 0.873. The Bertz CT molecular complexity index is 596. The van der Waals surface area contributed by atoms with Gasteiger partial charge in [0.25, 0.3) is 5.91 Å². The first-order valence-electron chi connectivity index (χ1n) is 5.43. The molecule has 0 spiro atoms. The van der Waals surface area contributed by atoms with E-state index in [0.717, 1.165) is 11.1 Å². The Labute approximate surface area is 110 Å². The minimum Gasteiger partial charge on any atom is -0.506 e. The summed E-state index contributed by atoms with van der Waals surface area (Å²) in [4.78, 5) is 11.5. The van der Waals surface area contributed by atoms with Crippen LogP contribution in [-0.4, -0.2) is 18.1 Å². The number of halogens is 1. The minimum absolute atomic E-state index is 0.0443. The van der Waals surface area contributed by atoms with Crippen LogP contribution in [0, 0.1) is 0 Å². The van der Waals surface area contributed by atoms with Gasteiger partial charge in [0.1, 0.15) is 5.75 Å². The topological polar surface area (TPSA) is 49.3 Å². The van der Waals surface area contributed by atoms with E-state index in [0.29, 0.717) is 5.56 Å². The molecule has 1 amide bonds. The maximum atomic E-state index is 11.5. The predicted molar refractivity (Wildman–Crippen MR) is 71.9 cm³/mol. The van der Waals surface area contributed by atoms with Crippen molar-refractivity contribution < 1.29 is 9.90 Å². The largest absolute Gasteiger partial charge is 0.506 e. The molecule has 0 saturated heterocycles. The Kier molecular flexibility index (Phi) is 3.53. The summed E-state index contributed by atoms with van der Waals surface area (Å²) >= 11 is 5.86. The van der Waals surface area contributed by atoms with E-state index in [1.165, 1.54) is 6.07 Å². The van der Waals surface area contributed by atoms with E-state index < -0.39 is 0 Å². The van der Waals surface area contributed by atoms with Gasteiger partial charge in [-0.15, -0.1) is 0 Å². The van der Waals surface area contributed by atoms with Gasteiger partial charge in [-0.25, -0.2) is 0 Å². The van der Waals surface area contributed by atoms with Gasteiger partial charge in [-0.2, -0.15) is 0 Å². The van der Waals surface area contributed by atoms with Crippen LogP contribution >= 0.6 is 11.6 Å². The van der Waals surface area contributed by atoms with E-state index in [4.69, 9.17) is 11.6 Å². The van der Waals surface area contributed by atoms with Gasteiger partial charge in [-0.1, -0.05) is 29.8 Å². The molecule has 2 N–H and O–H groups in total. The van der Waals surface area contributed by atoms with Crippen LogP contribution in [-0.2, 0) is 0 Å². The fourth-order valence-corrected chi connectivity index (χ4v) is 1.85. The fraction of sp³-hybridized carbons (Fsp3) is 0.0714. The highest BCUT2D eigenvalue weighted by molar-refractivity contribution is 6.32. The van der Waals surface area contributed by atoms with Gasteiger partial charge in [-0.05, 0) is 35.4 Å². The Balaban J connectivity index is 2.44. The van der Waals surface area contributed by atoms with Crippen LogP contribution in [0.4, 0.5) is 0 Å². The summed E-state index contributed by atoms with van der Waals surface area (Å²) in [5.41, 5.74) is 2.31. The highest BCUT2D eigenvalue weighted by atomic mass is 35.5. The Morgan fingerprint density at radius 3 is 2.56 bits per heavy atom. The van der Waals surface area contributed by atoms with Crippen LogP contribution in [0.1, 0.15) is 10.4 Å². The highest BCUT2D eigenvalue weighted by Gasteiger charge is 2.06. The molecule has 0 unspecified atom stereocenters. The van der Waals surface area contributed by atoms with E-state index in [-0.39, 0.29) is 16.7 Å². The lowest BCUT2D eigenvalue weighted by Crippen LogP contribution is -2.17. The van der Waals surface area contributed by atoms with Gasteiger partial charge in [0, 0.05) is 12.6 Å². The maximum Gasteiger partial charge on any atom is 0.251 e. The number of benzene rings is 2. The molecular weight excluding hydrogens is 250 g/mol. The zero-order valence-corrected chi connectivity index (χ0v) is 10.5. The average molecular weight is 262 g/mol. The number of amides is 1. The van der Waals surface area contributed by atoms with Crippen molar-refractivity contribution in [1.82, 2.24) is 5.32 Å². The minimum atomic E-state index is -0.137. The van der Waals surface area contributed by atoms with Gasteiger partial charge < -0.3 is 10.4 Å². The second-order valence-corrected chi connectivity index (χ2v) is 4.23. The van der Waals surface area contributed by atoms with Crippen molar-refractivity contribution in [2.75, 3.05) is 7.05 Å². The third-order valence-corrected chi connectivity index (χ3v) is 2.94. The van der Waals surface area contributed by atoms with Crippen LogP contribution in [0.25, 0.3) is 11.1 Å². The number of phenolic OH excluding ortho intramolecular Hbond substituents is 1. The first-order chi connectivity index (χ1) is 8.61. The van der Waals surface area contributed by atoms with Gasteiger partial charge in [-0.3, -0.25) is 4.79 Å². The lowest BCUT2D eigenvalue weighted by Gasteiger charge is -2.06. The molecule has 0 aromatic heterocycles. The monoisotopic (exact) mass is 261 g/mol. The zero-order valence-electron chi connectivity index (χ0n) is 9.77. The second kappa shape index (κ2) is 5.10. The van der Waals surface area contributed by atoms with Gasteiger partial charge >= 0.3 is 0 Å². The van der Waals surface area contributed by atoms with E-state index in [2.05, 4.69) is 5.32 Å². The van der Waals surface area contributed by atoms with E-state index in [1.54, 1.807) is 37.4 Å². The van der Waals surface area contributed by atoms with Crippen LogP contribution < -0.4 is 5.32 Å². The second-order valence-electron chi connectivity index (χ2n) is 3.83. The number of phenols is 1. The molecule has 0 saturated carbocycles. The first kappa shape index (κ1) is 12.5. The van der Waals surface area contributed by atoms with E-state index in [1.807, 2.05) is 6.07 Å². The summed E-state index contributed by atoms with van der Waals surface area (Å²) in [5.74, 6) is -0.0930. The van der Waals surface area contributed by atoms with Crippen LogP contribution in [0.2, 0.25) is 5.02 Å². The van der Waals surface area contributed by atoms with Gasteiger partial charge in [0.2, 0.25) is 0 Å². The molecule has 0 bridgehead atoms. The Morgan fingerprint density at radius 1 is 1.17 bits per heavy atom. The normalized spacial score (nSPS) is 10.1. The Hall–Kier alpha value is -2.00. The van der Waals surface area contributed by atoms with Crippen LogP contribution in [0.3, 0.4) is 0 Å². The van der Waals surface area contributed by atoms with Crippen molar-refractivity contribution >= 4 is 17.5 Å². The lowest BCUT2D eigenvalue weighted by atomic mass is 10.0. The standard InChI is InChI=1S/C14H12ClNO2/c1-16-14(18)11-4-2-3-9(7-11)10-5-6-13(17)12(15)8-10/h2-8,17H,1H3,(H,16,18). The maximum absolute atomic E-state index is 11.5. The van der Waals surface area contributed by atoms with Crippen molar-refractivity contribution in [3.8, 4) is 16.9 Å². The summed E-state index contributed by atoms with van der Waals surface area (Å²) in [6, 6.07) is 12.2. The molecule has 0 aliphatic rings. The summed E-state index contributed by atoms with van der Waals surface area (Å²) in [6.45, 7) is 0. The van der Waals surface area contributed by atoms with Crippen LogP contribution in [0.5, 0.6) is 5.75 Å². The molecule has 0 heterocycles. The van der Waals surface area contributed by atoms with Crippen molar-refractivity contribution in [3.63, 3.8) is 0 Å². The molecule has 0 aliphatic heterocycles. The van der Waals surface area contributed by atoms with Crippen molar-refractivity contribution in [2.24, 2.45) is 0 Å². The third-order valence-electron chi connectivity index (χ3n) is 2.63. The van der Waals surface area contributed by atoms with Gasteiger partial charge in [0.05, 0.1) is 5.02 Å². The molecule has 0 aliphatic carbocycles. The van der Waals surface area contributed by atoms with Crippen LogP contribution in [0.15, 0.2) is 42.5 Å². The molecule has 0 fully saturated rings. The van der Waals surface area contributed by atoms with Crippen molar-refractivity contribution in [3.05, 3.63) is 53.1 Å². The molecule has 4 heteroatoms. The molecule has 2 aromatic carbocycles. The summed E-state index contributed by atoms with van der Waals surface area (Å²) in [5, 5.41) is 12.2. The number of hydrogen-bond donors (Lipinski definition) is 2. The smallest absolute Gasteiger partial charge is 0.251 e. The lowest BCUT2D eigenvalue weighted by molar-refractivity contribution is 0.0963. The molecule has 0 radical (unpaired) electrons. The summed E-state index contributed by atoms with van der Waals surface area (Å²) in [7, 11) is 1.59. The number of hydrogen-bond acceptors (Lipinski definition) is 2. The molecule has 2 aromatic rings. The zero-order chi connectivity index (χ0) is 13.1. The average Bonchev–Trinajstić information content (AvgIpc) is 2.41. The predicted octanol–water partition coefficient (Wildman–Crippen LogP) is 3.07. The number of carbonyl (C=O) groups excluding carboxylic acids is 1. The number of nitrogens with one attached hydrogen (secondary N) is 1. The van der Waals surface area contributed by atoms with E-state index >= 15 is 0 Å². The fourth-order valence-electron chi connectivity index (χ4n) is 1.67. The first-order valence-corrected chi connectivity index (χ1v) is 5.80. The third kappa shape index (κ3) is 2.46. The number of rotatable bonds is 2. The Morgan fingerprint density at radius 2 is 1.89 bits per heavy atom. The summed E-state index contributed by atoms with van der Waals surface area (Å²) in [6.07, 6.45) is 0. The molecule has 92 valence electrons. The number of carbonyl (C=O) groups is 1. The molecule has 2 rings (SSSR count). The van der Waals surface area contributed by atoms with E-state index in [9.17, 15) is 9.90 Å². The number of aromatic hydroxyl groups is 1. The molecule has 18 heavy (non-hydrogen) atoms. The van der Waals surface area contributed by atoms with Gasteiger partial charge in [0.15, 0.2) is 0 Å². The molecule has 0 atom stereocenters. The summed E-state index contributed by atoms with van der Waals surface area (Å²) < 4.78 is 0. The molecular formula is C14H12ClNO2. The molecule has 3 nitrogen and oxygen atoms in total. The SMILES string of the molecule is CNC(=O)c1cccc(-c2ccc(O)c(Cl)c2)c1. The van der Waals surface area contributed by atoms with Crippen molar-refractivity contribution in [2.45, 2.75) is 0 Å². The van der Waals surface area contributed by atoms with Crippen molar-refractivity contribution in [1.29, 1.82) is 0 Å².